The standard InChI is InChI=1S/C14H14BrNO2S/c1-10-7-11(15)4-5-13(10)16-14(17)9-19-8-12-3-2-6-18-12/h2-7H,8-9H2,1H3,(H,16,17). The van der Waals surface area contributed by atoms with Crippen molar-refractivity contribution in [1.82, 2.24) is 0 Å². The molecule has 0 atom stereocenters. The highest BCUT2D eigenvalue weighted by Gasteiger charge is 2.06. The maximum absolute atomic E-state index is 11.8. The van der Waals surface area contributed by atoms with E-state index in [1.165, 1.54) is 11.8 Å². The van der Waals surface area contributed by atoms with E-state index < -0.39 is 0 Å². The van der Waals surface area contributed by atoms with Gasteiger partial charge in [0.2, 0.25) is 5.91 Å². The van der Waals surface area contributed by atoms with Crippen LogP contribution in [0.25, 0.3) is 0 Å². The molecule has 1 N–H and O–H groups in total. The molecule has 0 aliphatic rings. The maximum Gasteiger partial charge on any atom is 0.234 e. The van der Waals surface area contributed by atoms with E-state index in [4.69, 9.17) is 4.42 Å². The van der Waals surface area contributed by atoms with Gasteiger partial charge >= 0.3 is 0 Å². The first kappa shape index (κ1) is 14.2. The summed E-state index contributed by atoms with van der Waals surface area (Å²) in [5.74, 6) is 2.01. The van der Waals surface area contributed by atoms with Crippen LogP contribution in [-0.2, 0) is 10.5 Å². The van der Waals surface area contributed by atoms with Crippen molar-refractivity contribution in [2.75, 3.05) is 11.1 Å². The molecule has 1 heterocycles. The zero-order chi connectivity index (χ0) is 13.7. The molecule has 0 saturated heterocycles. The van der Waals surface area contributed by atoms with Gasteiger partial charge in [0, 0.05) is 10.2 Å². The van der Waals surface area contributed by atoms with Crippen molar-refractivity contribution < 1.29 is 9.21 Å². The lowest BCUT2D eigenvalue weighted by molar-refractivity contribution is -0.113. The van der Waals surface area contributed by atoms with Gasteiger partial charge in [-0.05, 0) is 42.8 Å². The van der Waals surface area contributed by atoms with E-state index in [9.17, 15) is 4.79 Å². The van der Waals surface area contributed by atoms with E-state index in [1.807, 2.05) is 37.3 Å². The van der Waals surface area contributed by atoms with Crippen LogP contribution in [0.15, 0.2) is 45.5 Å². The number of hydrogen-bond acceptors (Lipinski definition) is 3. The van der Waals surface area contributed by atoms with Gasteiger partial charge in [0.25, 0.3) is 0 Å². The minimum absolute atomic E-state index is 0.00183. The van der Waals surface area contributed by atoms with Gasteiger partial charge in [-0.3, -0.25) is 4.79 Å². The second kappa shape index (κ2) is 6.82. The van der Waals surface area contributed by atoms with Crippen molar-refractivity contribution in [1.29, 1.82) is 0 Å². The molecule has 2 rings (SSSR count). The Kier molecular flexibility index (Phi) is 5.10. The van der Waals surface area contributed by atoms with Crippen LogP contribution < -0.4 is 5.32 Å². The van der Waals surface area contributed by atoms with Crippen LogP contribution in [0.4, 0.5) is 5.69 Å². The minimum Gasteiger partial charge on any atom is -0.468 e. The Morgan fingerprint density at radius 3 is 2.95 bits per heavy atom. The van der Waals surface area contributed by atoms with Crippen molar-refractivity contribution in [2.45, 2.75) is 12.7 Å². The summed E-state index contributed by atoms with van der Waals surface area (Å²) in [4.78, 5) is 11.8. The summed E-state index contributed by atoms with van der Waals surface area (Å²) in [7, 11) is 0. The van der Waals surface area contributed by atoms with Gasteiger partial charge in [0.05, 0.1) is 17.8 Å². The molecule has 2 aromatic rings. The molecule has 19 heavy (non-hydrogen) atoms. The monoisotopic (exact) mass is 339 g/mol. The van der Waals surface area contributed by atoms with Gasteiger partial charge in [0.1, 0.15) is 5.76 Å². The number of halogens is 1. The first-order valence-electron chi connectivity index (χ1n) is 5.81. The van der Waals surface area contributed by atoms with E-state index in [0.717, 1.165) is 21.5 Å². The topological polar surface area (TPSA) is 42.2 Å². The normalized spacial score (nSPS) is 10.4. The number of rotatable bonds is 5. The number of benzene rings is 1. The van der Waals surface area contributed by atoms with Crippen LogP contribution in [0.1, 0.15) is 11.3 Å². The number of aryl methyl sites for hydroxylation is 1. The molecule has 5 heteroatoms. The Hall–Kier alpha value is -1.20. The van der Waals surface area contributed by atoms with Gasteiger partial charge in [-0.15, -0.1) is 11.8 Å². The van der Waals surface area contributed by atoms with Crippen molar-refractivity contribution in [3.63, 3.8) is 0 Å². The summed E-state index contributed by atoms with van der Waals surface area (Å²) in [5.41, 5.74) is 1.89. The molecule has 0 saturated carbocycles. The Morgan fingerprint density at radius 1 is 1.42 bits per heavy atom. The number of anilines is 1. The van der Waals surface area contributed by atoms with Crippen LogP contribution in [-0.4, -0.2) is 11.7 Å². The van der Waals surface area contributed by atoms with E-state index in [2.05, 4.69) is 21.2 Å². The summed E-state index contributed by atoms with van der Waals surface area (Å²) in [6.07, 6.45) is 1.64. The second-order valence-corrected chi connectivity index (χ2v) is 5.98. The van der Waals surface area contributed by atoms with Crippen molar-refractivity contribution in [2.24, 2.45) is 0 Å². The molecule has 1 aromatic carbocycles. The first-order chi connectivity index (χ1) is 9.15. The molecule has 3 nitrogen and oxygen atoms in total. The third-order valence-corrected chi connectivity index (χ3v) is 3.97. The summed E-state index contributed by atoms with van der Waals surface area (Å²) < 4.78 is 6.22. The lowest BCUT2D eigenvalue weighted by Gasteiger charge is -2.08. The minimum atomic E-state index is 0.00183. The SMILES string of the molecule is Cc1cc(Br)ccc1NC(=O)CSCc1ccco1. The van der Waals surface area contributed by atoms with Gasteiger partial charge in [-0.25, -0.2) is 0 Å². The lowest BCUT2D eigenvalue weighted by Crippen LogP contribution is -2.14. The van der Waals surface area contributed by atoms with Crippen LogP contribution in [0.3, 0.4) is 0 Å². The average Bonchev–Trinajstić information content (AvgIpc) is 2.86. The summed E-state index contributed by atoms with van der Waals surface area (Å²) in [6, 6.07) is 9.55. The molecule has 0 aliphatic heterocycles. The molecule has 0 radical (unpaired) electrons. The van der Waals surface area contributed by atoms with E-state index in [1.54, 1.807) is 6.26 Å². The molecule has 100 valence electrons. The van der Waals surface area contributed by atoms with Crippen molar-refractivity contribution in [3.05, 3.63) is 52.4 Å². The molecule has 1 aromatic heterocycles. The fraction of sp³-hybridized carbons (Fsp3) is 0.214. The Labute approximate surface area is 124 Å². The number of carbonyl (C=O) groups is 1. The van der Waals surface area contributed by atoms with Crippen molar-refractivity contribution in [3.8, 4) is 0 Å². The molecular formula is C14H14BrNO2S. The summed E-state index contributed by atoms with van der Waals surface area (Å²) in [5, 5.41) is 2.91. The molecule has 0 fully saturated rings. The number of furan rings is 1. The van der Waals surface area contributed by atoms with Crippen LogP contribution in [0.2, 0.25) is 0 Å². The fourth-order valence-corrected chi connectivity index (χ4v) is 2.79. The zero-order valence-electron chi connectivity index (χ0n) is 10.5. The first-order valence-corrected chi connectivity index (χ1v) is 7.76. The highest BCUT2D eigenvalue weighted by Crippen LogP contribution is 2.20. The Balaban J connectivity index is 1.80. The highest BCUT2D eigenvalue weighted by atomic mass is 79.9. The number of amides is 1. The predicted octanol–water partition coefficient (Wildman–Crippen LogP) is 4.22. The average molecular weight is 340 g/mol. The zero-order valence-corrected chi connectivity index (χ0v) is 12.9. The van der Waals surface area contributed by atoms with Gasteiger partial charge in [-0.1, -0.05) is 15.9 Å². The largest absolute Gasteiger partial charge is 0.468 e. The lowest BCUT2D eigenvalue weighted by atomic mass is 10.2. The summed E-state index contributed by atoms with van der Waals surface area (Å²) >= 11 is 4.93. The molecule has 0 bridgehead atoms. The van der Waals surface area contributed by atoms with E-state index in [-0.39, 0.29) is 5.91 Å². The number of hydrogen-bond donors (Lipinski definition) is 1. The van der Waals surface area contributed by atoms with Crippen LogP contribution in [0.5, 0.6) is 0 Å². The third-order valence-electron chi connectivity index (χ3n) is 2.52. The predicted molar refractivity (Wildman–Crippen MR) is 82.4 cm³/mol. The number of thioether (sulfide) groups is 1. The Bertz CT molecular complexity index is 555. The summed E-state index contributed by atoms with van der Waals surface area (Å²) in [6.45, 7) is 1.97. The maximum atomic E-state index is 11.8. The van der Waals surface area contributed by atoms with Gasteiger partial charge < -0.3 is 9.73 Å². The fourth-order valence-electron chi connectivity index (χ4n) is 1.59. The van der Waals surface area contributed by atoms with Gasteiger partial charge in [-0.2, -0.15) is 0 Å². The number of nitrogens with one attached hydrogen (secondary N) is 1. The highest BCUT2D eigenvalue weighted by molar-refractivity contribution is 9.10. The van der Waals surface area contributed by atoms with Gasteiger partial charge in [0.15, 0.2) is 0 Å². The molecule has 0 spiro atoms. The van der Waals surface area contributed by atoms with Crippen LogP contribution in [0, 0.1) is 6.92 Å². The van der Waals surface area contributed by atoms with Crippen LogP contribution >= 0.6 is 27.7 Å². The molecular weight excluding hydrogens is 326 g/mol. The molecule has 0 unspecified atom stereocenters. The smallest absolute Gasteiger partial charge is 0.234 e. The van der Waals surface area contributed by atoms with Crippen molar-refractivity contribution >= 4 is 39.3 Å². The Morgan fingerprint density at radius 2 is 2.26 bits per heavy atom. The van der Waals surface area contributed by atoms with E-state index in [0.29, 0.717) is 11.5 Å². The quantitative estimate of drug-likeness (QED) is 0.886. The molecule has 0 aliphatic carbocycles. The molecule has 1 amide bonds. The second-order valence-electron chi connectivity index (χ2n) is 4.08. The number of carbonyl (C=O) groups excluding carboxylic acids is 1. The van der Waals surface area contributed by atoms with E-state index >= 15 is 0 Å². The third kappa shape index (κ3) is 4.44.